The van der Waals surface area contributed by atoms with Crippen molar-refractivity contribution in [3.8, 4) is 0 Å². The van der Waals surface area contributed by atoms with Gasteiger partial charge in [0.05, 0.1) is 19.8 Å². The molecule has 0 aliphatic carbocycles. The Kier molecular flexibility index (Phi) is 7.42. The first kappa shape index (κ1) is 17.7. The number of halogens is 2. The lowest BCUT2D eigenvalue weighted by molar-refractivity contribution is 0.0651. The van der Waals surface area contributed by atoms with E-state index in [1.54, 1.807) is 14.2 Å². The van der Waals surface area contributed by atoms with Crippen molar-refractivity contribution in [1.82, 2.24) is 4.90 Å². The minimum Gasteiger partial charge on any atom is -0.383 e. The van der Waals surface area contributed by atoms with E-state index >= 15 is 0 Å². The summed E-state index contributed by atoms with van der Waals surface area (Å²) >= 11 is 0. The van der Waals surface area contributed by atoms with Gasteiger partial charge in [-0.2, -0.15) is 0 Å². The molecule has 0 saturated heterocycles. The maximum absolute atomic E-state index is 13.2. The lowest BCUT2D eigenvalue weighted by Crippen LogP contribution is -2.41. The summed E-state index contributed by atoms with van der Waals surface area (Å²) in [5, 5.41) is 0. The van der Waals surface area contributed by atoms with E-state index in [9.17, 15) is 13.6 Å². The molecular formula is C15H21F2NO3. The van der Waals surface area contributed by atoms with Crippen LogP contribution in [-0.2, 0) is 9.47 Å². The number of hydrogen-bond acceptors (Lipinski definition) is 4. The van der Waals surface area contributed by atoms with E-state index in [1.165, 1.54) is 6.07 Å². The molecule has 4 nitrogen and oxygen atoms in total. The maximum atomic E-state index is 13.2. The number of nitrogens with zero attached hydrogens (tertiary/aromatic N) is 1. The second-order valence-corrected chi connectivity index (χ2v) is 4.82. The Labute approximate surface area is 123 Å². The smallest absolute Gasteiger partial charge is 0.176 e. The number of hydrogen-bond donors (Lipinski definition) is 0. The summed E-state index contributed by atoms with van der Waals surface area (Å²) in [5.74, 6) is -2.25. The Balaban J connectivity index is 2.76. The van der Waals surface area contributed by atoms with Crippen LogP contribution in [0.1, 0.15) is 17.3 Å². The van der Waals surface area contributed by atoms with Gasteiger partial charge in [-0.05, 0) is 25.1 Å². The summed E-state index contributed by atoms with van der Waals surface area (Å²) in [7, 11) is 3.17. The van der Waals surface area contributed by atoms with Gasteiger partial charge in [0.25, 0.3) is 0 Å². The molecule has 1 aromatic rings. The second-order valence-electron chi connectivity index (χ2n) is 4.82. The zero-order valence-electron chi connectivity index (χ0n) is 12.6. The van der Waals surface area contributed by atoms with Gasteiger partial charge in [-0.25, -0.2) is 8.78 Å². The first-order valence-electron chi connectivity index (χ1n) is 6.69. The molecule has 6 heteroatoms. The molecule has 0 aromatic heterocycles. The molecule has 0 heterocycles. The topological polar surface area (TPSA) is 38.8 Å². The summed E-state index contributed by atoms with van der Waals surface area (Å²) in [6.45, 7) is 3.51. The van der Waals surface area contributed by atoms with Crippen molar-refractivity contribution in [2.75, 3.05) is 40.5 Å². The van der Waals surface area contributed by atoms with Crippen LogP contribution in [0.3, 0.4) is 0 Å². The van der Waals surface area contributed by atoms with Crippen LogP contribution in [0.2, 0.25) is 0 Å². The molecule has 0 fully saturated rings. The molecule has 0 radical (unpaired) electrons. The highest BCUT2D eigenvalue weighted by molar-refractivity contribution is 5.97. The molecular weight excluding hydrogens is 280 g/mol. The second kappa shape index (κ2) is 8.81. The van der Waals surface area contributed by atoms with E-state index in [-0.39, 0.29) is 23.9 Å². The monoisotopic (exact) mass is 301 g/mol. The third kappa shape index (κ3) is 5.49. The number of Topliss-reactive ketones (excluding diaryl/α,β-unsaturated/α-hetero) is 1. The molecule has 1 atom stereocenters. The van der Waals surface area contributed by atoms with Crippen LogP contribution in [0.25, 0.3) is 0 Å². The SMILES string of the molecule is COCCN(CC(=O)c1ccc(F)c(F)c1)C(C)COC. The van der Waals surface area contributed by atoms with E-state index < -0.39 is 11.6 Å². The summed E-state index contributed by atoms with van der Waals surface area (Å²) in [6, 6.07) is 3.18. The molecule has 118 valence electrons. The van der Waals surface area contributed by atoms with Gasteiger partial charge >= 0.3 is 0 Å². The van der Waals surface area contributed by atoms with Crippen molar-refractivity contribution in [2.24, 2.45) is 0 Å². The number of methoxy groups -OCH3 is 2. The van der Waals surface area contributed by atoms with Crippen LogP contribution in [0, 0.1) is 11.6 Å². The van der Waals surface area contributed by atoms with Gasteiger partial charge in [-0.1, -0.05) is 0 Å². The van der Waals surface area contributed by atoms with E-state index in [0.29, 0.717) is 19.8 Å². The fraction of sp³-hybridized carbons (Fsp3) is 0.533. The zero-order chi connectivity index (χ0) is 15.8. The number of rotatable bonds is 9. The quantitative estimate of drug-likeness (QED) is 0.655. The number of ketones is 1. The molecule has 0 bridgehead atoms. The average molecular weight is 301 g/mol. The summed E-state index contributed by atoms with van der Waals surface area (Å²) in [5.41, 5.74) is 0.154. The van der Waals surface area contributed by atoms with Gasteiger partial charge in [0.15, 0.2) is 17.4 Å². The maximum Gasteiger partial charge on any atom is 0.176 e. The number of carbonyl (C=O) groups is 1. The molecule has 1 aromatic carbocycles. The highest BCUT2D eigenvalue weighted by Gasteiger charge is 2.19. The third-order valence-electron chi connectivity index (χ3n) is 3.20. The van der Waals surface area contributed by atoms with Gasteiger partial charge in [-0.15, -0.1) is 0 Å². The van der Waals surface area contributed by atoms with E-state index in [0.717, 1.165) is 12.1 Å². The average Bonchev–Trinajstić information content (AvgIpc) is 2.46. The van der Waals surface area contributed by atoms with Crippen LogP contribution in [0.5, 0.6) is 0 Å². The highest BCUT2D eigenvalue weighted by atomic mass is 19.2. The van der Waals surface area contributed by atoms with E-state index in [1.807, 2.05) is 11.8 Å². The molecule has 1 rings (SSSR count). The van der Waals surface area contributed by atoms with Gasteiger partial charge in [0.2, 0.25) is 0 Å². The number of ether oxygens (including phenoxy) is 2. The van der Waals surface area contributed by atoms with Crippen LogP contribution >= 0.6 is 0 Å². The van der Waals surface area contributed by atoms with Crippen LogP contribution in [0.15, 0.2) is 18.2 Å². The molecule has 1 unspecified atom stereocenters. The van der Waals surface area contributed by atoms with Gasteiger partial charge in [0, 0.05) is 32.4 Å². The number of carbonyl (C=O) groups excluding carboxylic acids is 1. The Morgan fingerprint density at radius 2 is 1.95 bits per heavy atom. The summed E-state index contributed by atoms with van der Waals surface area (Å²) in [4.78, 5) is 14.1. The largest absolute Gasteiger partial charge is 0.383 e. The summed E-state index contributed by atoms with van der Waals surface area (Å²) < 4.78 is 36.2. The molecule has 0 aliphatic heterocycles. The predicted octanol–water partition coefficient (Wildman–Crippen LogP) is 2.13. The number of benzene rings is 1. The van der Waals surface area contributed by atoms with Crippen molar-refractivity contribution in [3.63, 3.8) is 0 Å². The zero-order valence-corrected chi connectivity index (χ0v) is 12.6. The minimum absolute atomic E-state index is 0.0133. The molecule has 0 spiro atoms. The summed E-state index contributed by atoms with van der Waals surface area (Å²) in [6.07, 6.45) is 0. The Bertz CT molecular complexity index is 468. The first-order chi connectivity index (χ1) is 9.99. The van der Waals surface area contributed by atoms with Crippen LogP contribution in [-0.4, -0.2) is 57.2 Å². The normalized spacial score (nSPS) is 12.7. The standard InChI is InChI=1S/C15H21F2NO3/c1-11(10-21-3)18(6-7-20-2)9-15(19)12-4-5-13(16)14(17)8-12/h4-5,8,11H,6-7,9-10H2,1-3H3. The molecule has 0 aliphatic rings. The highest BCUT2D eigenvalue weighted by Crippen LogP contribution is 2.11. The van der Waals surface area contributed by atoms with Crippen molar-refractivity contribution < 1.29 is 23.0 Å². The van der Waals surface area contributed by atoms with Crippen molar-refractivity contribution in [1.29, 1.82) is 0 Å². The Morgan fingerprint density at radius 1 is 1.24 bits per heavy atom. The molecule has 0 N–H and O–H groups in total. The fourth-order valence-corrected chi connectivity index (χ4v) is 1.96. The van der Waals surface area contributed by atoms with Crippen LogP contribution in [0.4, 0.5) is 8.78 Å². The Hall–Kier alpha value is -1.37. The predicted molar refractivity (Wildman–Crippen MR) is 75.5 cm³/mol. The van der Waals surface area contributed by atoms with Gasteiger partial charge < -0.3 is 9.47 Å². The fourth-order valence-electron chi connectivity index (χ4n) is 1.96. The van der Waals surface area contributed by atoms with Gasteiger partial charge in [0.1, 0.15) is 0 Å². The lowest BCUT2D eigenvalue weighted by atomic mass is 10.1. The molecule has 0 amide bonds. The minimum atomic E-state index is -1.02. The van der Waals surface area contributed by atoms with Crippen molar-refractivity contribution in [2.45, 2.75) is 13.0 Å². The molecule has 21 heavy (non-hydrogen) atoms. The Morgan fingerprint density at radius 3 is 2.52 bits per heavy atom. The third-order valence-corrected chi connectivity index (χ3v) is 3.20. The van der Waals surface area contributed by atoms with Crippen molar-refractivity contribution >= 4 is 5.78 Å². The first-order valence-corrected chi connectivity index (χ1v) is 6.69. The van der Waals surface area contributed by atoms with E-state index in [2.05, 4.69) is 0 Å². The van der Waals surface area contributed by atoms with E-state index in [4.69, 9.17) is 9.47 Å². The molecule has 0 saturated carbocycles. The van der Waals surface area contributed by atoms with Crippen molar-refractivity contribution in [3.05, 3.63) is 35.4 Å². The van der Waals surface area contributed by atoms with Gasteiger partial charge in [-0.3, -0.25) is 9.69 Å². The lowest BCUT2D eigenvalue weighted by Gasteiger charge is -2.27. The van der Waals surface area contributed by atoms with Crippen LogP contribution < -0.4 is 0 Å².